The Bertz CT molecular complexity index is 414. The van der Waals surface area contributed by atoms with Crippen molar-refractivity contribution in [2.75, 3.05) is 18.0 Å². The molecule has 0 aromatic carbocycles. The number of nitrogens with one attached hydrogen (secondary N) is 1. The van der Waals surface area contributed by atoms with Gasteiger partial charge in [0.15, 0.2) is 0 Å². The van der Waals surface area contributed by atoms with E-state index in [-0.39, 0.29) is 0 Å². The summed E-state index contributed by atoms with van der Waals surface area (Å²) in [4.78, 5) is 6.96. The Labute approximate surface area is 108 Å². The number of fused-ring (bicyclic) bond motifs is 1. The van der Waals surface area contributed by atoms with Gasteiger partial charge >= 0.3 is 0 Å². The van der Waals surface area contributed by atoms with E-state index in [4.69, 9.17) is 4.42 Å². The average molecular weight is 247 g/mol. The lowest BCUT2D eigenvalue weighted by atomic mass is 10.0. The van der Waals surface area contributed by atoms with E-state index in [0.29, 0.717) is 0 Å². The Kier molecular flexibility index (Phi) is 2.57. The first-order chi connectivity index (χ1) is 8.88. The van der Waals surface area contributed by atoms with Gasteiger partial charge in [-0.25, -0.2) is 0 Å². The summed E-state index contributed by atoms with van der Waals surface area (Å²) in [7, 11) is 0. The lowest BCUT2D eigenvalue weighted by molar-refractivity contribution is 0.494. The van der Waals surface area contributed by atoms with Crippen molar-refractivity contribution in [3.63, 3.8) is 0 Å². The number of rotatable bonds is 4. The Hall–Kier alpha value is -1.03. The molecule has 1 aromatic heterocycles. The van der Waals surface area contributed by atoms with E-state index in [9.17, 15) is 0 Å². The maximum Gasteiger partial charge on any atom is 0.297 e. The minimum absolute atomic E-state index is 0.733. The third-order valence-electron chi connectivity index (χ3n) is 4.69. The predicted molar refractivity (Wildman–Crippen MR) is 69.4 cm³/mol. The Balaban J connectivity index is 1.39. The van der Waals surface area contributed by atoms with Gasteiger partial charge in [-0.3, -0.25) is 0 Å². The number of nitrogens with zero attached hydrogens (tertiary/aromatic N) is 2. The van der Waals surface area contributed by atoms with Crippen molar-refractivity contribution in [1.29, 1.82) is 0 Å². The van der Waals surface area contributed by atoms with Gasteiger partial charge < -0.3 is 14.6 Å². The van der Waals surface area contributed by atoms with Gasteiger partial charge in [0.25, 0.3) is 6.01 Å². The van der Waals surface area contributed by atoms with Crippen molar-refractivity contribution in [2.45, 2.75) is 44.7 Å². The first-order valence-electron chi connectivity index (χ1n) is 7.31. The standard InChI is InChI=1S/C14H21N3O/c1-2-10-7-17(8-11(10)3-1)14-16-13(9-18-14)6-15-12-4-5-12/h9-12,15H,1-8H2. The molecule has 2 atom stereocenters. The largest absolute Gasteiger partial charge is 0.432 e. The van der Waals surface area contributed by atoms with Crippen molar-refractivity contribution >= 4 is 6.01 Å². The molecule has 1 saturated heterocycles. The summed E-state index contributed by atoms with van der Waals surface area (Å²) in [6, 6.07) is 1.58. The minimum Gasteiger partial charge on any atom is -0.432 e. The third kappa shape index (κ3) is 2.03. The SMILES string of the molecule is c1oc(N2CC3CCCC3C2)nc1CNC1CC1. The Morgan fingerprint density at radius 3 is 2.72 bits per heavy atom. The fourth-order valence-corrected chi connectivity index (χ4v) is 3.45. The van der Waals surface area contributed by atoms with E-state index >= 15 is 0 Å². The highest BCUT2D eigenvalue weighted by Gasteiger charge is 2.37. The van der Waals surface area contributed by atoms with Crippen LogP contribution in [-0.4, -0.2) is 24.1 Å². The normalized spacial score (nSPS) is 31.0. The molecule has 1 N–H and O–H groups in total. The molecule has 18 heavy (non-hydrogen) atoms. The smallest absolute Gasteiger partial charge is 0.297 e. The third-order valence-corrected chi connectivity index (χ3v) is 4.69. The van der Waals surface area contributed by atoms with Gasteiger partial charge in [0, 0.05) is 25.7 Å². The molecule has 98 valence electrons. The molecule has 2 unspecified atom stereocenters. The quantitative estimate of drug-likeness (QED) is 0.885. The lowest BCUT2D eigenvalue weighted by Crippen LogP contribution is -2.21. The van der Waals surface area contributed by atoms with E-state index in [1.54, 1.807) is 0 Å². The van der Waals surface area contributed by atoms with Gasteiger partial charge in [-0.2, -0.15) is 4.98 Å². The fraction of sp³-hybridized carbons (Fsp3) is 0.786. The maximum absolute atomic E-state index is 5.64. The monoisotopic (exact) mass is 247 g/mol. The van der Waals surface area contributed by atoms with Crippen LogP contribution in [0.1, 0.15) is 37.8 Å². The number of oxazole rings is 1. The summed E-state index contributed by atoms with van der Waals surface area (Å²) in [6.45, 7) is 3.16. The summed E-state index contributed by atoms with van der Waals surface area (Å²) in [6.07, 6.45) is 8.68. The maximum atomic E-state index is 5.64. The highest BCUT2D eigenvalue weighted by molar-refractivity contribution is 5.30. The first-order valence-corrected chi connectivity index (χ1v) is 7.31. The second-order valence-corrected chi connectivity index (χ2v) is 6.13. The van der Waals surface area contributed by atoms with E-state index < -0.39 is 0 Å². The van der Waals surface area contributed by atoms with E-state index in [1.165, 1.54) is 32.1 Å². The highest BCUT2D eigenvalue weighted by Crippen LogP contribution is 2.39. The van der Waals surface area contributed by atoms with Crippen LogP contribution in [0.2, 0.25) is 0 Å². The van der Waals surface area contributed by atoms with E-state index in [1.807, 2.05) is 6.26 Å². The van der Waals surface area contributed by atoms with Crippen LogP contribution in [0.4, 0.5) is 6.01 Å². The Morgan fingerprint density at radius 2 is 2.00 bits per heavy atom. The molecule has 1 aliphatic heterocycles. The first kappa shape index (κ1) is 10.9. The van der Waals surface area contributed by atoms with Crippen LogP contribution in [0.15, 0.2) is 10.7 Å². The van der Waals surface area contributed by atoms with Crippen molar-refractivity contribution in [1.82, 2.24) is 10.3 Å². The number of aromatic nitrogens is 1. The van der Waals surface area contributed by atoms with E-state index in [0.717, 1.165) is 49.2 Å². The van der Waals surface area contributed by atoms with Gasteiger partial charge in [0.05, 0.1) is 5.69 Å². The molecule has 2 aliphatic carbocycles. The summed E-state index contributed by atoms with van der Waals surface area (Å²) < 4.78 is 5.64. The summed E-state index contributed by atoms with van der Waals surface area (Å²) in [5.41, 5.74) is 1.05. The molecular formula is C14H21N3O. The number of hydrogen-bond acceptors (Lipinski definition) is 4. The van der Waals surface area contributed by atoms with Crippen LogP contribution in [-0.2, 0) is 6.54 Å². The number of hydrogen-bond donors (Lipinski definition) is 1. The molecule has 2 saturated carbocycles. The molecule has 0 spiro atoms. The van der Waals surface area contributed by atoms with Gasteiger partial charge in [0.1, 0.15) is 6.26 Å². The van der Waals surface area contributed by atoms with Crippen LogP contribution in [0.3, 0.4) is 0 Å². The molecule has 2 heterocycles. The Morgan fingerprint density at radius 1 is 1.22 bits per heavy atom. The fourth-order valence-electron chi connectivity index (χ4n) is 3.45. The lowest BCUT2D eigenvalue weighted by Gasteiger charge is -2.13. The van der Waals surface area contributed by atoms with Gasteiger partial charge in [-0.15, -0.1) is 0 Å². The van der Waals surface area contributed by atoms with Crippen LogP contribution in [0, 0.1) is 11.8 Å². The molecule has 4 heteroatoms. The van der Waals surface area contributed by atoms with Crippen molar-refractivity contribution in [3.05, 3.63) is 12.0 Å². The topological polar surface area (TPSA) is 41.3 Å². The molecule has 4 rings (SSSR count). The molecule has 0 bridgehead atoms. The summed E-state index contributed by atoms with van der Waals surface area (Å²) in [5.74, 6) is 1.79. The van der Waals surface area contributed by atoms with Crippen molar-refractivity contribution < 1.29 is 4.42 Å². The molecule has 4 nitrogen and oxygen atoms in total. The van der Waals surface area contributed by atoms with Gasteiger partial charge in [-0.05, 0) is 37.5 Å². The summed E-state index contributed by atoms with van der Waals surface area (Å²) in [5, 5.41) is 3.48. The average Bonchev–Trinajstić information content (AvgIpc) is 2.79. The molecule has 0 radical (unpaired) electrons. The second kappa shape index (κ2) is 4.26. The zero-order valence-corrected chi connectivity index (χ0v) is 10.8. The van der Waals surface area contributed by atoms with Crippen LogP contribution < -0.4 is 10.2 Å². The predicted octanol–water partition coefficient (Wildman–Crippen LogP) is 2.16. The van der Waals surface area contributed by atoms with Crippen LogP contribution in [0.5, 0.6) is 0 Å². The molecular weight excluding hydrogens is 226 g/mol. The molecule has 3 aliphatic rings. The summed E-state index contributed by atoms with van der Waals surface area (Å²) >= 11 is 0. The van der Waals surface area contributed by atoms with Crippen LogP contribution >= 0.6 is 0 Å². The molecule has 3 fully saturated rings. The van der Waals surface area contributed by atoms with Gasteiger partial charge in [-0.1, -0.05) is 6.42 Å². The van der Waals surface area contributed by atoms with Crippen molar-refractivity contribution in [2.24, 2.45) is 11.8 Å². The molecule has 0 amide bonds. The second-order valence-electron chi connectivity index (χ2n) is 6.13. The van der Waals surface area contributed by atoms with Gasteiger partial charge in [0.2, 0.25) is 0 Å². The van der Waals surface area contributed by atoms with E-state index in [2.05, 4.69) is 15.2 Å². The highest BCUT2D eigenvalue weighted by atomic mass is 16.4. The van der Waals surface area contributed by atoms with Crippen molar-refractivity contribution in [3.8, 4) is 0 Å². The zero-order chi connectivity index (χ0) is 11.9. The molecule has 1 aromatic rings. The zero-order valence-electron chi connectivity index (χ0n) is 10.8. The minimum atomic E-state index is 0.733. The van der Waals surface area contributed by atoms with Crippen LogP contribution in [0.25, 0.3) is 0 Å². The number of anilines is 1.